The molecule has 0 saturated carbocycles. The normalized spacial score (nSPS) is 21.1. The SMILES string of the molecule is COCCN1C(=O)N[C@](Cc2cccc(F)c2)(C2CCN(C(=O)c3cccc(Cl)c3)CC2)C1=O. The molecule has 2 aliphatic rings. The summed E-state index contributed by atoms with van der Waals surface area (Å²) in [5.74, 6) is -1.08. The van der Waals surface area contributed by atoms with Gasteiger partial charge in [0.05, 0.1) is 13.2 Å². The molecule has 2 fully saturated rings. The molecular weight excluding hydrogens is 461 g/mol. The molecule has 2 aliphatic heterocycles. The number of hydrogen-bond acceptors (Lipinski definition) is 4. The predicted octanol–water partition coefficient (Wildman–Crippen LogP) is 3.51. The number of nitrogens with one attached hydrogen (secondary N) is 1. The van der Waals surface area contributed by atoms with E-state index in [-0.39, 0.29) is 37.3 Å². The summed E-state index contributed by atoms with van der Waals surface area (Å²) in [6.07, 6.45) is 1.21. The van der Waals surface area contributed by atoms with Gasteiger partial charge in [0, 0.05) is 37.2 Å². The number of urea groups is 1. The van der Waals surface area contributed by atoms with Crippen LogP contribution in [-0.2, 0) is 16.0 Å². The molecule has 0 bridgehead atoms. The molecule has 9 heteroatoms. The number of ether oxygens (including phenoxy) is 1. The maximum Gasteiger partial charge on any atom is 0.325 e. The first-order valence-corrected chi connectivity index (χ1v) is 11.6. The van der Waals surface area contributed by atoms with Gasteiger partial charge in [-0.25, -0.2) is 9.18 Å². The standard InChI is InChI=1S/C25H27ClFN3O4/c1-34-13-12-30-23(32)25(28-24(30)33,16-17-4-2-7-21(27)14-17)19-8-10-29(11-9-19)22(31)18-5-3-6-20(26)15-18/h2-7,14-15,19H,8-13,16H2,1H3,(H,28,33)/t25-/m1/s1. The van der Waals surface area contributed by atoms with Crippen LogP contribution in [0, 0.1) is 11.7 Å². The van der Waals surface area contributed by atoms with Crippen LogP contribution in [-0.4, -0.2) is 66.5 Å². The second-order valence-corrected chi connectivity index (χ2v) is 9.17. The van der Waals surface area contributed by atoms with Crippen molar-refractivity contribution >= 4 is 29.4 Å². The number of carbonyl (C=O) groups is 3. The zero-order chi connectivity index (χ0) is 24.3. The van der Waals surface area contributed by atoms with E-state index in [4.69, 9.17) is 16.3 Å². The number of likely N-dealkylation sites (tertiary alicyclic amines) is 1. The highest BCUT2D eigenvalue weighted by atomic mass is 35.5. The van der Waals surface area contributed by atoms with Crippen LogP contribution in [0.1, 0.15) is 28.8 Å². The topological polar surface area (TPSA) is 79.0 Å². The zero-order valence-corrected chi connectivity index (χ0v) is 19.7. The Morgan fingerprint density at radius 3 is 2.59 bits per heavy atom. The Morgan fingerprint density at radius 2 is 1.91 bits per heavy atom. The lowest BCUT2D eigenvalue weighted by atomic mass is 9.73. The molecule has 1 N–H and O–H groups in total. The highest BCUT2D eigenvalue weighted by Gasteiger charge is 2.55. The van der Waals surface area contributed by atoms with Crippen LogP contribution >= 0.6 is 11.6 Å². The first kappa shape index (κ1) is 24.2. The first-order chi connectivity index (χ1) is 16.3. The predicted molar refractivity (Wildman–Crippen MR) is 125 cm³/mol. The first-order valence-electron chi connectivity index (χ1n) is 11.3. The molecular formula is C25H27ClFN3O4. The summed E-state index contributed by atoms with van der Waals surface area (Å²) < 4.78 is 19.0. The molecule has 4 amide bonds. The summed E-state index contributed by atoms with van der Waals surface area (Å²) in [6.45, 7) is 1.23. The van der Waals surface area contributed by atoms with Crippen LogP contribution in [0.2, 0.25) is 5.02 Å². The van der Waals surface area contributed by atoms with E-state index < -0.39 is 17.4 Å². The highest BCUT2D eigenvalue weighted by Crippen LogP contribution is 2.37. The number of rotatable bonds is 7. The number of methoxy groups -OCH3 is 1. The van der Waals surface area contributed by atoms with Gasteiger partial charge in [0.1, 0.15) is 11.4 Å². The van der Waals surface area contributed by atoms with Gasteiger partial charge in [-0.3, -0.25) is 14.5 Å². The minimum atomic E-state index is -1.20. The Labute approximate surface area is 202 Å². The third-order valence-corrected chi connectivity index (χ3v) is 6.88. The van der Waals surface area contributed by atoms with Crippen LogP contribution in [0.15, 0.2) is 48.5 Å². The molecule has 2 heterocycles. The Bertz CT molecular complexity index is 1090. The quantitative estimate of drug-likeness (QED) is 0.606. The van der Waals surface area contributed by atoms with Crippen LogP contribution in [0.4, 0.5) is 9.18 Å². The van der Waals surface area contributed by atoms with Crippen molar-refractivity contribution in [1.82, 2.24) is 15.1 Å². The Morgan fingerprint density at radius 1 is 1.18 bits per heavy atom. The molecule has 0 aliphatic carbocycles. The number of hydrogen-bond donors (Lipinski definition) is 1. The maximum absolute atomic E-state index is 13.9. The molecule has 2 aromatic rings. The molecule has 0 spiro atoms. The van der Waals surface area contributed by atoms with Gasteiger partial charge in [-0.2, -0.15) is 0 Å². The molecule has 34 heavy (non-hydrogen) atoms. The van der Waals surface area contributed by atoms with Gasteiger partial charge in [-0.1, -0.05) is 29.8 Å². The van der Waals surface area contributed by atoms with Gasteiger partial charge in [0.2, 0.25) is 0 Å². The van der Waals surface area contributed by atoms with Gasteiger partial charge in [-0.05, 0) is 54.7 Å². The molecule has 2 aromatic carbocycles. The van der Waals surface area contributed by atoms with Crippen molar-refractivity contribution in [2.24, 2.45) is 5.92 Å². The lowest BCUT2D eigenvalue weighted by molar-refractivity contribution is -0.134. The average Bonchev–Trinajstić information content (AvgIpc) is 3.06. The van der Waals surface area contributed by atoms with Crippen LogP contribution in [0.25, 0.3) is 0 Å². The van der Waals surface area contributed by atoms with Crippen LogP contribution in [0.3, 0.4) is 0 Å². The third kappa shape index (κ3) is 4.79. The van der Waals surface area contributed by atoms with E-state index in [0.29, 0.717) is 42.1 Å². The summed E-state index contributed by atoms with van der Waals surface area (Å²) >= 11 is 6.03. The summed E-state index contributed by atoms with van der Waals surface area (Å²) in [7, 11) is 1.51. The minimum absolute atomic E-state index is 0.122. The fourth-order valence-corrected chi connectivity index (χ4v) is 5.11. The van der Waals surface area contributed by atoms with Crippen molar-refractivity contribution < 1.29 is 23.5 Å². The van der Waals surface area contributed by atoms with Crippen molar-refractivity contribution in [3.63, 3.8) is 0 Å². The molecule has 0 radical (unpaired) electrons. The van der Waals surface area contributed by atoms with Gasteiger partial charge >= 0.3 is 6.03 Å². The Balaban J connectivity index is 1.56. The summed E-state index contributed by atoms with van der Waals surface area (Å²) in [4.78, 5) is 42.2. The van der Waals surface area contributed by atoms with E-state index in [1.54, 1.807) is 41.3 Å². The number of benzene rings is 2. The number of piperidine rings is 1. The highest BCUT2D eigenvalue weighted by molar-refractivity contribution is 6.30. The van der Waals surface area contributed by atoms with Gasteiger partial charge in [-0.15, -0.1) is 0 Å². The fourth-order valence-electron chi connectivity index (χ4n) is 4.92. The van der Waals surface area contributed by atoms with Gasteiger partial charge in [0.15, 0.2) is 0 Å². The molecule has 180 valence electrons. The largest absolute Gasteiger partial charge is 0.383 e. The van der Waals surface area contributed by atoms with Crippen molar-refractivity contribution in [3.05, 3.63) is 70.5 Å². The van der Waals surface area contributed by atoms with Crippen LogP contribution in [0.5, 0.6) is 0 Å². The molecule has 4 rings (SSSR count). The van der Waals surface area contributed by atoms with E-state index in [1.165, 1.54) is 24.1 Å². The number of nitrogens with zero attached hydrogens (tertiary/aromatic N) is 2. The second kappa shape index (κ2) is 10.1. The van der Waals surface area contributed by atoms with E-state index in [0.717, 1.165) is 0 Å². The van der Waals surface area contributed by atoms with Crippen molar-refractivity contribution in [2.75, 3.05) is 33.4 Å². The molecule has 7 nitrogen and oxygen atoms in total. The summed E-state index contributed by atoms with van der Waals surface area (Å²) in [5, 5.41) is 3.43. The van der Waals surface area contributed by atoms with Gasteiger partial charge < -0.3 is 15.0 Å². The van der Waals surface area contributed by atoms with Crippen LogP contribution < -0.4 is 5.32 Å². The third-order valence-electron chi connectivity index (χ3n) is 6.64. The molecule has 2 saturated heterocycles. The number of imide groups is 1. The monoisotopic (exact) mass is 487 g/mol. The summed E-state index contributed by atoms with van der Waals surface area (Å²) in [5.41, 5.74) is -0.0693. The number of carbonyl (C=O) groups excluding carboxylic acids is 3. The lowest BCUT2D eigenvalue weighted by Gasteiger charge is -2.41. The molecule has 0 aromatic heterocycles. The van der Waals surface area contributed by atoms with Crippen molar-refractivity contribution in [1.29, 1.82) is 0 Å². The Hall–Kier alpha value is -2.97. The molecule has 1 atom stereocenters. The van der Waals surface area contributed by atoms with E-state index in [9.17, 15) is 18.8 Å². The van der Waals surface area contributed by atoms with E-state index in [2.05, 4.69) is 5.32 Å². The average molecular weight is 488 g/mol. The number of amides is 4. The molecule has 0 unspecified atom stereocenters. The summed E-state index contributed by atoms with van der Waals surface area (Å²) in [6, 6.07) is 12.4. The van der Waals surface area contributed by atoms with E-state index in [1.807, 2.05) is 0 Å². The second-order valence-electron chi connectivity index (χ2n) is 8.73. The lowest BCUT2D eigenvalue weighted by Crippen LogP contribution is -2.58. The van der Waals surface area contributed by atoms with Gasteiger partial charge in [0.25, 0.3) is 11.8 Å². The zero-order valence-electron chi connectivity index (χ0n) is 18.9. The number of halogens is 2. The van der Waals surface area contributed by atoms with E-state index >= 15 is 0 Å². The minimum Gasteiger partial charge on any atom is -0.383 e. The van der Waals surface area contributed by atoms with Crippen molar-refractivity contribution in [2.45, 2.75) is 24.8 Å². The van der Waals surface area contributed by atoms with Crippen molar-refractivity contribution in [3.8, 4) is 0 Å². The maximum atomic E-state index is 13.9. The fraction of sp³-hybridized carbons (Fsp3) is 0.400. The Kier molecular flexibility index (Phi) is 7.19. The smallest absolute Gasteiger partial charge is 0.325 e.